The van der Waals surface area contributed by atoms with Crippen LogP contribution in [0.2, 0.25) is 0 Å². The molecule has 0 amide bonds. The molecule has 3 rings (SSSR count). The van der Waals surface area contributed by atoms with Gasteiger partial charge in [-0.3, -0.25) is 9.89 Å². The Morgan fingerprint density at radius 2 is 2.00 bits per heavy atom. The molecule has 0 bridgehead atoms. The topological polar surface area (TPSA) is 61.8 Å². The van der Waals surface area contributed by atoms with Crippen molar-refractivity contribution in [1.29, 1.82) is 0 Å². The number of nitrogens with zero attached hydrogens (tertiary/aromatic N) is 3. The largest absolute Gasteiger partial charge is 0.489 e. The van der Waals surface area contributed by atoms with Gasteiger partial charge in [0.1, 0.15) is 17.7 Å². The second-order valence-corrected chi connectivity index (χ2v) is 8.96. The second kappa shape index (κ2) is 13.9. The van der Waals surface area contributed by atoms with E-state index in [1.807, 2.05) is 6.92 Å². The fraction of sp³-hybridized carbons (Fsp3) is 0.565. The molecular weight excluding hydrogens is 540 g/mol. The van der Waals surface area contributed by atoms with Crippen molar-refractivity contribution in [3.63, 3.8) is 0 Å². The molecule has 1 aliphatic heterocycles. The second-order valence-electron chi connectivity index (χ2n) is 8.02. The van der Waals surface area contributed by atoms with E-state index in [-0.39, 0.29) is 35.9 Å². The van der Waals surface area contributed by atoms with Gasteiger partial charge in [-0.05, 0) is 69.5 Å². The molecule has 1 saturated heterocycles. The van der Waals surface area contributed by atoms with Crippen LogP contribution in [0, 0.1) is 11.7 Å². The molecule has 1 aromatic carbocycles. The van der Waals surface area contributed by atoms with Crippen LogP contribution in [0.5, 0.6) is 5.75 Å². The smallest absolute Gasteiger partial charge is 0.191 e. The van der Waals surface area contributed by atoms with Gasteiger partial charge in [-0.1, -0.05) is 6.92 Å². The molecule has 2 heterocycles. The van der Waals surface area contributed by atoms with Gasteiger partial charge in [-0.25, -0.2) is 9.37 Å². The van der Waals surface area contributed by atoms with E-state index in [2.05, 4.69) is 32.8 Å². The summed E-state index contributed by atoms with van der Waals surface area (Å²) in [7, 11) is 1.78. The third kappa shape index (κ3) is 8.82. The Morgan fingerprint density at radius 1 is 1.28 bits per heavy atom. The van der Waals surface area contributed by atoms with Crippen molar-refractivity contribution in [2.45, 2.75) is 45.8 Å². The summed E-state index contributed by atoms with van der Waals surface area (Å²) in [5, 5.41) is 10.2. The number of aromatic nitrogens is 1. The number of hydrogen-bond donors (Lipinski definition) is 2. The van der Waals surface area contributed by atoms with E-state index in [4.69, 9.17) is 9.72 Å². The van der Waals surface area contributed by atoms with Crippen LogP contribution in [0.1, 0.15) is 37.4 Å². The number of aryl methyl sites for hydroxylation is 1. The first-order valence-electron chi connectivity index (χ1n) is 11.1. The highest BCUT2D eigenvalue weighted by molar-refractivity contribution is 14.0. The zero-order chi connectivity index (χ0) is 22.1. The number of guanidine groups is 1. The zero-order valence-electron chi connectivity index (χ0n) is 19.1. The van der Waals surface area contributed by atoms with Gasteiger partial charge >= 0.3 is 0 Å². The van der Waals surface area contributed by atoms with E-state index in [0.29, 0.717) is 18.2 Å². The van der Waals surface area contributed by atoms with Crippen LogP contribution in [0.25, 0.3) is 0 Å². The van der Waals surface area contributed by atoms with Crippen molar-refractivity contribution in [1.82, 2.24) is 20.5 Å². The first-order valence-corrected chi connectivity index (χ1v) is 12.0. The Bertz CT molecular complexity index is 824. The quantitative estimate of drug-likeness (QED) is 0.265. The predicted octanol–water partition coefficient (Wildman–Crippen LogP) is 4.31. The van der Waals surface area contributed by atoms with Crippen molar-refractivity contribution in [3.05, 3.63) is 46.2 Å². The minimum Gasteiger partial charge on any atom is -0.489 e. The number of halogens is 2. The van der Waals surface area contributed by atoms with Gasteiger partial charge in [0.2, 0.25) is 0 Å². The van der Waals surface area contributed by atoms with Crippen LogP contribution in [-0.2, 0) is 13.0 Å². The molecule has 1 unspecified atom stereocenters. The van der Waals surface area contributed by atoms with E-state index < -0.39 is 0 Å². The van der Waals surface area contributed by atoms with Gasteiger partial charge in [0.15, 0.2) is 5.96 Å². The van der Waals surface area contributed by atoms with E-state index in [1.165, 1.54) is 35.7 Å². The molecule has 0 radical (unpaired) electrons. The number of aliphatic imine (C=N–C) groups is 1. The van der Waals surface area contributed by atoms with Gasteiger partial charge in [-0.2, -0.15) is 0 Å². The van der Waals surface area contributed by atoms with E-state index in [9.17, 15) is 4.39 Å². The molecule has 1 aromatic heterocycles. The van der Waals surface area contributed by atoms with Crippen LogP contribution >= 0.6 is 35.3 Å². The minimum atomic E-state index is -0.262. The van der Waals surface area contributed by atoms with Gasteiger partial charge in [0.05, 0.1) is 17.2 Å². The average molecular weight is 576 g/mol. The first kappa shape index (κ1) is 26.8. The van der Waals surface area contributed by atoms with Crippen LogP contribution in [0.3, 0.4) is 0 Å². The highest BCUT2D eigenvalue weighted by Gasteiger charge is 2.20. The molecule has 32 heavy (non-hydrogen) atoms. The van der Waals surface area contributed by atoms with Crippen molar-refractivity contribution < 1.29 is 9.13 Å². The fourth-order valence-electron chi connectivity index (χ4n) is 3.65. The van der Waals surface area contributed by atoms with Crippen molar-refractivity contribution in [2.75, 3.05) is 33.2 Å². The van der Waals surface area contributed by atoms with Crippen LogP contribution in [0.15, 0.2) is 34.6 Å². The molecule has 0 spiro atoms. The van der Waals surface area contributed by atoms with Gasteiger partial charge in [0, 0.05) is 25.5 Å². The van der Waals surface area contributed by atoms with Gasteiger partial charge < -0.3 is 15.4 Å². The summed E-state index contributed by atoms with van der Waals surface area (Å²) in [4.78, 5) is 11.5. The maximum atomic E-state index is 13.0. The minimum absolute atomic E-state index is 0. The average Bonchev–Trinajstić information content (AvgIpc) is 3.24. The number of thiazole rings is 1. The van der Waals surface area contributed by atoms with Crippen molar-refractivity contribution in [3.8, 4) is 5.75 Å². The summed E-state index contributed by atoms with van der Waals surface area (Å²) in [5.41, 5.74) is 1.21. The zero-order valence-corrected chi connectivity index (χ0v) is 22.3. The number of likely N-dealkylation sites (tertiary alicyclic amines) is 1. The fourth-order valence-corrected chi connectivity index (χ4v) is 4.39. The Balaban J connectivity index is 0.00000363. The third-order valence-corrected chi connectivity index (χ3v) is 6.53. The SMILES string of the molecule is CCc1nc(CN2CCC(CNC(=NC)NCC(C)Oc3ccc(F)cc3)CC2)cs1.I. The van der Waals surface area contributed by atoms with E-state index >= 15 is 0 Å². The van der Waals surface area contributed by atoms with E-state index in [0.717, 1.165) is 38.6 Å². The van der Waals surface area contributed by atoms with Gasteiger partial charge in [0.25, 0.3) is 0 Å². The summed E-state index contributed by atoms with van der Waals surface area (Å²) < 4.78 is 18.8. The predicted molar refractivity (Wildman–Crippen MR) is 141 cm³/mol. The molecule has 1 aliphatic rings. The molecule has 0 saturated carbocycles. The lowest BCUT2D eigenvalue weighted by molar-refractivity contribution is 0.176. The molecule has 1 atom stereocenters. The van der Waals surface area contributed by atoms with Gasteiger partial charge in [-0.15, -0.1) is 35.3 Å². The summed E-state index contributed by atoms with van der Waals surface area (Å²) in [6, 6.07) is 6.09. The maximum absolute atomic E-state index is 13.0. The van der Waals surface area contributed by atoms with Crippen LogP contribution in [0.4, 0.5) is 4.39 Å². The number of ether oxygens (including phenoxy) is 1. The van der Waals surface area contributed by atoms with E-state index in [1.54, 1.807) is 30.5 Å². The summed E-state index contributed by atoms with van der Waals surface area (Å²) in [6.45, 7) is 8.85. The number of benzene rings is 1. The normalized spacial score (nSPS) is 16.3. The molecule has 2 N–H and O–H groups in total. The maximum Gasteiger partial charge on any atom is 0.191 e. The molecule has 6 nitrogen and oxygen atoms in total. The standard InChI is InChI=1S/C23H34FN5OS.HI/c1-4-22-28-20(16-31-22)15-29-11-9-18(10-12-29)14-27-23(25-3)26-13-17(2)30-21-7-5-19(24)6-8-21;/h5-8,16-18H,4,9-15H2,1-3H3,(H2,25,26,27);1H. The lowest BCUT2D eigenvalue weighted by Gasteiger charge is -2.31. The van der Waals surface area contributed by atoms with Crippen molar-refractivity contribution in [2.24, 2.45) is 10.9 Å². The monoisotopic (exact) mass is 575 g/mol. The number of nitrogens with one attached hydrogen (secondary N) is 2. The highest BCUT2D eigenvalue weighted by atomic mass is 127. The highest BCUT2D eigenvalue weighted by Crippen LogP contribution is 2.19. The summed E-state index contributed by atoms with van der Waals surface area (Å²) in [6.07, 6.45) is 3.31. The Morgan fingerprint density at radius 3 is 2.62 bits per heavy atom. The molecule has 1 fully saturated rings. The summed E-state index contributed by atoms with van der Waals surface area (Å²) >= 11 is 1.77. The molecular formula is C23H35FIN5OS. The number of hydrogen-bond acceptors (Lipinski definition) is 5. The number of piperidine rings is 1. The molecule has 178 valence electrons. The van der Waals surface area contributed by atoms with Crippen LogP contribution < -0.4 is 15.4 Å². The molecule has 9 heteroatoms. The third-order valence-electron chi connectivity index (χ3n) is 5.48. The van der Waals surface area contributed by atoms with Crippen LogP contribution in [-0.4, -0.2) is 55.2 Å². The Labute approximate surface area is 212 Å². The summed E-state index contributed by atoms with van der Waals surface area (Å²) in [5.74, 6) is 1.83. The molecule has 0 aliphatic carbocycles. The van der Waals surface area contributed by atoms with Crippen molar-refractivity contribution >= 4 is 41.3 Å². The lowest BCUT2D eigenvalue weighted by atomic mass is 9.97. The Kier molecular flexibility index (Phi) is 11.7. The lowest BCUT2D eigenvalue weighted by Crippen LogP contribution is -2.45. The first-order chi connectivity index (χ1) is 15.1. The molecule has 2 aromatic rings. The number of rotatable bonds is 9. The Hall–Kier alpha value is -1.46.